The molecule has 2 saturated carbocycles. The van der Waals surface area contributed by atoms with Crippen molar-refractivity contribution in [2.75, 3.05) is 18.4 Å². The molecule has 1 heterocycles. The van der Waals surface area contributed by atoms with Gasteiger partial charge in [-0.2, -0.15) is 0 Å². The third-order valence-electron chi connectivity index (χ3n) is 7.92. The van der Waals surface area contributed by atoms with Crippen LogP contribution >= 0.6 is 0 Å². The second-order valence-corrected chi connectivity index (χ2v) is 10.0. The number of carboxylic acid groups (broad SMARTS) is 1. The van der Waals surface area contributed by atoms with Gasteiger partial charge in [-0.15, -0.1) is 0 Å². The third-order valence-corrected chi connectivity index (χ3v) is 7.92. The van der Waals surface area contributed by atoms with E-state index in [9.17, 15) is 19.5 Å². The number of carbonyl (C=O) groups is 3. The van der Waals surface area contributed by atoms with Crippen LogP contribution in [0.4, 0.5) is 10.5 Å². The Bertz CT molecular complexity index is 1090. The lowest BCUT2D eigenvalue weighted by Crippen LogP contribution is -2.52. The van der Waals surface area contributed by atoms with Crippen LogP contribution in [0.15, 0.2) is 54.6 Å². The van der Waals surface area contributed by atoms with Crippen LogP contribution in [-0.4, -0.2) is 52.2 Å². The number of urea groups is 1. The Balaban J connectivity index is 1.19. The Hall–Kier alpha value is -3.39. The molecule has 4 N–H and O–H groups in total. The fourth-order valence-corrected chi connectivity index (χ4v) is 5.83. The number of hydrogen-bond acceptors (Lipinski definition) is 4. The molecule has 8 nitrogen and oxygen atoms in total. The number of benzene rings is 2. The summed E-state index contributed by atoms with van der Waals surface area (Å²) in [7, 11) is 0. The van der Waals surface area contributed by atoms with Crippen molar-refractivity contribution in [3.63, 3.8) is 0 Å². The van der Waals surface area contributed by atoms with E-state index < -0.39 is 11.6 Å². The van der Waals surface area contributed by atoms with Gasteiger partial charge in [0.2, 0.25) is 0 Å². The van der Waals surface area contributed by atoms with Crippen molar-refractivity contribution in [1.82, 2.24) is 10.2 Å². The Labute approximate surface area is 204 Å². The average Bonchev–Trinajstić information content (AvgIpc) is 3.31. The number of piperidine rings is 1. The Morgan fingerprint density at radius 3 is 2.11 bits per heavy atom. The van der Waals surface area contributed by atoms with E-state index in [0.717, 1.165) is 32.1 Å². The quantitative estimate of drug-likeness (QED) is 0.508. The minimum atomic E-state index is -1.54. The fraction of sp³-hybridized carbons (Fsp3) is 0.444. The van der Waals surface area contributed by atoms with Crippen molar-refractivity contribution in [1.29, 1.82) is 0 Å². The van der Waals surface area contributed by atoms with Crippen molar-refractivity contribution in [2.24, 2.45) is 17.8 Å². The van der Waals surface area contributed by atoms with Crippen LogP contribution in [0.5, 0.6) is 0 Å². The minimum absolute atomic E-state index is 0.0415. The van der Waals surface area contributed by atoms with E-state index in [0.29, 0.717) is 24.3 Å². The molecule has 3 unspecified atom stereocenters. The molecule has 35 heavy (non-hydrogen) atoms. The molecule has 1 aliphatic heterocycles. The van der Waals surface area contributed by atoms with Crippen LogP contribution in [0.25, 0.3) is 0 Å². The van der Waals surface area contributed by atoms with Crippen molar-refractivity contribution >= 4 is 23.6 Å². The van der Waals surface area contributed by atoms with E-state index in [1.807, 2.05) is 30.3 Å². The average molecular weight is 478 g/mol. The molecule has 3 amide bonds. The smallest absolute Gasteiger partial charge is 0.335 e. The molecule has 184 valence electrons. The highest BCUT2D eigenvalue weighted by Crippen LogP contribution is 2.47. The molecule has 2 aromatic carbocycles. The minimum Gasteiger partial charge on any atom is -0.478 e. The predicted octanol–water partition coefficient (Wildman–Crippen LogP) is 3.43. The van der Waals surface area contributed by atoms with E-state index >= 15 is 0 Å². The lowest BCUT2D eigenvalue weighted by atomic mass is 9.73. The second kappa shape index (κ2) is 9.34. The number of fused-ring (bicyclic) bond motifs is 1. The summed E-state index contributed by atoms with van der Waals surface area (Å²) in [5.41, 5.74) is -0.207. The highest BCUT2D eigenvalue weighted by molar-refractivity contribution is 5.92. The number of nitrogens with one attached hydrogen (secondary N) is 2. The number of carbonyl (C=O) groups excluding carboxylic acids is 2. The third kappa shape index (κ3) is 4.50. The van der Waals surface area contributed by atoms with Crippen LogP contribution in [0.1, 0.15) is 48.0 Å². The van der Waals surface area contributed by atoms with Crippen LogP contribution in [0.2, 0.25) is 0 Å². The number of nitrogens with zero attached hydrogens (tertiary/aromatic N) is 1. The molecule has 2 aliphatic carbocycles. The van der Waals surface area contributed by atoms with Crippen LogP contribution in [0.3, 0.4) is 0 Å². The van der Waals surface area contributed by atoms with Gasteiger partial charge in [-0.05, 0) is 42.7 Å². The van der Waals surface area contributed by atoms with Gasteiger partial charge >= 0.3 is 12.0 Å². The molecule has 2 aromatic rings. The van der Waals surface area contributed by atoms with Gasteiger partial charge in [-0.25, -0.2) is 9.59 Å². The second-order valence-electron chi connectivity index (χ2n) is 10.0. The van der Waals surface area contributed by atoms with Gasteiger partial charge < -0.3 is 25.7 Å². The normalized spacial score (nSPS) is 25.3. The number of amides is 3. The van der Waals surface area contributed by atoms with Crippen molar-refractivity contribution < 1.29 is 24.6 Å². The highest BCUT2D eigenvalue weighted by atomic mass is 16.4. The Kier molecular flexibility index (Phi) is 6.23. The highest BCUT2D eigenvalue weighted by Gasteiger charge is 2.59. The molecule has 0 radical (unpaired) electrons. The van der Waals surface area contributed by atoms with Gasteiger partial charge in [-0.3, -0.25) is 4.79 Å². The molecular weight excluding hydrogens is 446 g/mol. The van der Waals surface area contributed by atoms with E-state index in [-0.39, 0.29) is 41.3 Å². The summed E-state index contributed by atoms with van der Waals surface area (Å²) >= 11 is 0. The molecule has 3 atom stereocenters. The number of aromatic carboxylic acids is 1. The van der Waals surface area contributed by atoms with E-state index in [4.69, 9.17) is 5.11 Å². The van der Waals surface area contributed by atoms with Gasteiger partial charge in [0.25, 0.3) is 5.91 Å². The largest absolute Gasteiger partial charge is 0.478 e. The topological polar surface area (TPSA) is 119 Å². The van der Waals surface area contributed by atoms with Crippen LogP contribution in [-0.2, 0) is 10.4 Å². The first-order valence-corrected chi connectivity index (χ1v) is 12.4. The first-order chi connectivity index (χ1) is 16.9. The molecule has 5 rings (SSSR count). The maximum Gasteiger partial charge on any atom is 0.335 e. The zero-order chi connectivity index (χ0) is 24.6. The molecule has 3 aliphatic rings. The molecule has 0 bridgehead atoms. The predicted molar refractivity (Wildman–Crippen MR) is 130 cm³/mol. The number of anilines is 1. The number of aliphatic hydroxyl groups is 1. The molecule has 0 aromatic heterocycles. The van der Waals surface area contributed by atoms with E-state index in [2.05, 4.69) is 10.6 Å². The maximum atomic E-state index is 13.5. The van der Waals surface area contributed by atoms with Crippen molar-refractivity contribution in [2.45, 2.75) is 43.7 Å². The molecule has 1 saturated heterocycles. The van der Waals surface area contributed by atoms with Gasteiger partial charge in [0.05, 0.1) is 5.56 Å². The Morgan fingerprint density at radius 2 is 1.51 bits per heavy atom. The summed E-state index contributed by atoms with van der Waals surface area (Å²) in [6.07, 6.45) is 4.84. The number of hydrogen-bond donors (Lipinski definition) is 4. The number of rotatable bonds is 6. The molecular formula is C27H31N3O5. The Morgan fingerprint density at radius 1 is 0.886 bits per heavy atom. The first kappa shape index (κ1) is 23.4. The molecule has 3 fully saturated rings. The molecule has 8 heteroatoms. The monoisotopic (exact) mass is 477 g/mol. The van der Waals surface area contributed by atoms with Gasteiger partial charge in [0.1, 0.15) is 0 Å². The van der Waals surface area contributed by atoms with Gasteiger partial charge in [0, 0.05) is 42.6 Å². The summed E-state index contributed by atoms with van der Waals surface area (Å²) in [5, 5.41) is 26.7. The van der Waals surface area contributed by atoms with Gasteiger partial charge in [0.15, 0.2) is 5.60 Å². The SMILES string of the molecule is O=C(O)c1ccc(NC(=O)N2CC3C(C2)C3NC(=O)C(O)(c2ccccc2)C2CCCCC2)cc1. The lowest BCUT2D eigenvalue weighted by molar-refractivity contribution is -0.149. The van der Waals surface area contributed by atoms with E-state index in [1.54, 1.807) is 17.0 Å². The number of likely N-dealkylation sites (tertiary alicyclic amines) is 1. The zero-order valence-corrected chi connectivity index (χ0v) is 19.5. The van der Waals surface area contributed by atoms with Crippen LogP contribution < -0.4 is 10.6 Å². The van der Waals surface area contributed by atoms with Crippen molar-refractivity contribution in [3.8, 4) is 0 Å². The zero-order valence-electron chi connectivity index (χ0n) is 19.5. The summed E-state index contributed by atoms with van der Waals surface area (Å²) in [4.78, 5) is 38.8. The number of carboxylic acids is 1. The maximum absolute atomic E-state index is 13.5. The summed E-state index contributed by atoms with van der Waals surface area (Å²) < 4.78 is 0. The standard InChI is InChI=1S/C27H31N3O5/c31-24(32)17-11-13-20(14-12-17)28-26(34)30-15-21-22(16-30)23(21)29-25(33)27(35,18-7-3-1-4-8-18)19-9-5-2-6-10-19/h1,3-4,7-8,11-14,19,21-23,35H,2,5-6,9-10,15-16H2,(H,28,34)(H,29,33)(H,31,32). The molecule has 0 spiro atoms. The summed E-state index contributed by atoms with van der Waals surface area (Å²) in [5.74, 6) is -1.11. The fourth-order valence-electron chi connectivity index (χ4n) is 5.83. The first-order valence-electron chi connectivity index (χ1n) is 12.4. The summed E-state index contributed by atoms with van der Waals surface area (Å²) in [6.45, 7) is 1.06. The van der Waals surface area contributed by atoms with E-state index in [1.165, 1.54) is 12.1 Å². The van der Waals surface area contributed by atoms with Gasteiger partial charge in [-0.1, -0.05) is 49.6 Å². The summed E-state index contributed by atoms with van der Waals surface area (Å²) in [6, 6.07) is 15.0. The lowest BCUT2D eigenvalue weighted by Gasteiger charge is -2.38. The van der Waals surface area contributed by atoms with Crippen LogP contribution in [0, 0.1) is 17.8 Å². The van der Waals surface area contributed by atoms with Crippen molar-refractivity contribution in [3.05, 3.63) is 65.7 Å².